The lowest BCUT2D eigenvalue weighted by Crippen LogP contribution is -2.49. The summed E-state index contributed by atoms with van der Waals surface area (Å²) in [5, 5.41) is 0.925. The maximum atomic E-state index is 15.1. The Labute approximate surface area is 191 Å². The van der Waals surface area contributed by atoms with Gasteiger partial charge in [0.1, 0.15) is 11.7 Å². The second kappa shape index (κ2) is 8.70. The molecular formula is C25H27FN4OS. The van der Waals surface area contributed by atoms with Crippen molar-refractivity contribution < 1.29 is 9.18 Å². The van der Waals surface area contributed by atoms with Crippen LogP contribution < -0.4 is 0 Å². The number of fused-ring (bicyclic) bond motifs is 1. The third kappa shape index (κ3) is 3.83. The monoisotopic (exact) mass is 450 g/mol. The average Bonchev–Trinajstić information content (AvgIpc) is 3.36. The summed E-state index contributed by atoms with van der Waals surface area (Å²) >= 11 is 1.66. The quantitative estimate of drug-likeness (QED) is 0.563. The molecule has 166 valence electrons. The maximum Gasteiger partial charge on any atom is 0.249 e. The smallest absolute Gasteiger partial charge is 0.249 e. The molecule has 0 aliphatic carbocycles. The van der Waals surface area contributed by atoms with Crippen LogP contribution in [-0.4, -0.2) is 43.9 Å². The molecular weight excluding hydrogens is 423 g/mol. The van der Waals surface area contributed by atoms with E-state index in [1.165, 1.54) is 4.40 Å². The molecule has 32 heavy (non-hydrogen) atoms. The average molecular weight is 451 g/mol. The number of carbonyl (C=O) groups is 1. The fourth-order valence-electron chi connectivity index (χ4n) is 4.87. The van der Waals surface area contributed by atoms with Gasteiger partial charge in [-0.1, -0.05) is 36.4 Å². The maximum absolute atomic E-state index is 15.1. The van der Waals surface area contributed by atoms with Crippen molar-refractivity contribution in [1.29, 1.82) is 0 Å². The van der Waals surface area contributed by atoms with Crippen LogP contribution in [0.25, 0.3) is 5.65 Å². The van der Waals surface area contributed by atoms with Gasteiger partial charge in [-0.25, -0.2) is 4.98 Å². The van der Waals surface area contributed by atoms with Crippen LogP contribution in [0.15, 0.2) is 53.7 Å². The summed E-state index contributed by atoms with van der Waals surface area (Å²) in [4.78, 5) is 25.0. The second-order valence-electron chi connectivity index (χ2n) is 8.66. The summed E-state index contributed by atoms with van der Waals surface area (Å²) < 4.78 is 16.6. The van der Waals surface area contributed by atoms with Crippen LogP contribution in [0.3, 0.4) is 0 Å². The summed E-state index contributed by atoms with van der Waals surface area (Å²) in [6, 6.07) is 13.4. The zero-order valence-electron chi connectivity index (χ0n) is 18.4. The van der Waals surface area contributed by atoms with Crippen LogP contribution in [0.5, 0.6) is 0 Å². The summed E-state index contributed by atoms with van der Waals surface area (Å²) in [6.07, 6.45) is 4.99. The van der Waals surface area contributed by atoms with E-state index in [0.29, 0.717) is 24.3 Å². The molecule has 4 heterocycles. The van der Waals surface area contributed by atoms with E-state index in [1.807, 2.05) is 49.1 Å². The van der Waals surface area contributed by atoms with Gasteiger partial charge < -0.3 is 4.90 Å². The third-order valence-electron chi connectivity index (χ3n) is 6.48. The molecule has 1 fully saturated rings. The Morgan fingerprint density at radius 3 is 2.75 bits per heavy atom. The number of aromatic nitrogens is 2. The highest BCUT2D eigenvalue weighted by Crippen LogP contribution is 2.41. The van der Waals surface area contributed by atoms with Crippen molar-refractivity contribution >= 4 is 28.4 Å². The molecule has 0 saturated carbocycles. The van der Waals surface area contributed by atoms with Crippen LogP contribution >= 0.6 is 11.8 Å². The minimum absolute atomic E-state index is 0.0131. The Morgan fingerprint density at radius 2 is 1.97 bits per heavy atom. The number of aliphatic imine (C=N–C) groups is 1. The van der Waals surface area contributed by atoms with E-state index in [2.05, 4.69) is 17.1 Å². The van der Waals surface area contributed by atoms with E-state index in [9.17, 15) is 4.79 Å². The number of hydrogen-bond donors (Lipinski definition) is 0. The van der Waals surface area contributed by atoms with Gasteiger partial charge in [0, 0.05) is 25.2 Å². The summed E-state index contributed by atoms with van der Waals surface area (Å²) in [7, 11) is 0. The lowest BCUT2D eigenvalue weighted by molar-refractivity contribution is -0.136. The predicted molar refractivity (Wildman–Crippen MR) is 127 cm³/mol. The van der Waals surface area contributed by atoms with E-state index >= 15 is 4.39 Å². The molecule has 1 amide bonds. The van der Waals surface area contributed by atoms with Crippen molar-refractivity contribution in [3.63, 3.8) is 0 Å². The number of imidazole rings is 1. The van der Waals surface area contributed by atoms with E-state index in [-0.39, 0.29) is 23.1 Å². The zero-order chi connectivity index (χ0) is 22.2. The third-order valence-corrected chi connectivity index (χ3v) is 7.71. The number of thioether (sulfide) groups is 1. The van der Waals surface area contributed by atoms with Crippen LogP contribution in [0.2, 0.25) is 0 Å². The lowest BCUT2D eigenvalue weighted by atomic mass is 9.95. The van der Waals surface area contributed by atoms with Gasteiger partial charge in [-0.05, 0) is 50.3 Å². The molecule has 7 heteroatoms. The summed E-state index contributed by atoms with van der Waals surface area (Å²) in [6.45, 7) is 4.59. The Kier molecular flexibility index (Phi) is 5.76. The van der Waals surface area contributed by atoms with Gasteiger partial charge in [-0.2, -0.15) is 4.39 Å². The van der Waals surface area contributed by atoms with Crippen LogP contribution in [0, 0.1) is 12.9 Å². The molecule has 2 unspecified atom stereocenters. The predicted octanol–water partition coefficient (Wildman–Crippen LogP) is 4.98. The molecule has 3 atom stereocenters. The number of likely N-dealkylation sites (tertiary alicyclic amines) is 1. The Balaban J connectivity index is 1.41. The van der Waals surface area contributed by atoms with Gasteiger partial charge in [0.2, 0.25) is 11.9 Å². The highest BCUT2D eigenvalue weighted by Gasteiger charge is 2.40. The fraction of sp³-hybridized carbons (Fsp3) is 0.400. The number of pyridine rings is 1. The number of benzene rings is 1. The van der Waals surface area contributed by atoms with Crippen molar-refractivity contribution in [3.05, 3.63) is 71.4 Å². The SMILES string of the molecule is CC1=NC(C(=O)N2CCCC[C@H]2Cc2nc3c(C)cccn3c2F)C(c2ccccc2)S1. The second-order valence-corrected chi connectivity index (χ2v) is 10.00. The first kappa shape index (κ1) is 21.2. The molecule has 5 rings (SSSR count). The van der Waals surface area contributed by atoms with E-state index in [4.69, 9.17) is 4.99 Å². The number of amides is 1. The lowest BCUT2D eigenvalue weighted by Gasteiger charge is -2.37. The highest BCUT2D eigenvalue weighted by atomic mass is 32.2. The van der Waals surface area contributed by atoms with Crippen LogP contribution in [0.4, 0.5) is 4.39 Å². The summed E-state index contributed by atoms with van der Waals surface area (Å²) in [5.74, 6) is -0.276. The van der Waals surface area contributed by atoms with E-state index in [0.717, 1.165) is 35.4 Å². The molecule has 5 nitrogen and oxygen atoms in total. The van der Waals surface area contributed by atoms with Crippen molar-refractivity contribution in [3.8, 4) is 0 Å². The first-order valence-electron chi connectivity index (χ1n) is 11.2. The molecule has 0 N–H and O–H groups in total. The molecule has 2 aliphatic heterocycles. The normalized spacial score (nSPS) is 23.5. The molecule has 0 bridgehead atoms. The van der Waals surface area contributed by atoms with Crippen molar-refractivity contribution in [2.24, 2.45) is 4.99 Å². The van der Waals surface area contributed by atoms with Gasteiger partial charge in [-0.3, -0.25) is 14.2 Å². The number of aryl methyl sites for hydroxylation is 1. The number of nitrogens with zero attached hydrogens (tertiary/aromatic N) is 4. The molecule has 2 aliphatic rings. The number of hydrogen-bond acceptors (Lipinski definition) is 4. The van der Waals surface area contributed by atoms with Gasteiger partial charge in [0.05, 0.1) is 16.0 Å². The number of halogens is 1. The first-order chi connectivity index (χ1) is 15.5. The van der Waals surface area contributed by atoms with Crippen LogP contribution in [-0.2, 0) is 11.2 Å². The van der Waals surface area contributed by atoms with Crippen molar-refractivity contribution in [2.45, 2.75) is 56.9 Å². The molecule has 2 aromatic heterocycles. The van der Waals surface area contributed by atoms with E-state index < -0.39 is 6.04 Å². The Morgan fingerprint density at radius 1 is 1.16 bits per heavy atom. The zero-order valence-corrected chi connectivity index (χ0v) is 19.2. The topological polar surface area (TPSA) is 50.0 Å². The largest absolute Gasteiger partial charge is 0.337 e. The number of rotatable bonds is 4. The van der Waals surface area contributed by atoms with Crippen LogP contribution in [0.1, 0.15) is 48.3 Å². The number of carbonyl (C=O) groups excluding carboxylic acids is 1. The van der Waals surface area contributed by atoms with Crippen molar-refractivity contribution in [2.75, 3.05) is 6.54 Å². The molecule has 0 spiro atoms. The highest BCUT2D eigenvalue weighted by molar-refractivity contribution is 8.14. The summed E-state index contributed by atoms with van der Waals surface area (Å²) in [5.41, 5.74) is 3.13. The minimum atomic E-state index is -0.434. The number of piperidine rings is 1. The Bertz CT molecular complexity index is 1180. The van der Waals surface area contributed by atoms with Crippen molar-refractivity contribution in [1.82, 2.24) is 14.3 Å². The minimum Gasteiger partial charge on any atom is -0.337 e. The standard InChI is InChI=1S/C25H27FN4OS/c1-16-9-8-14-30-23(26)20(28-24(16)30)15-19-12-6-7-13-29(19)25(31)21-22(32-17(2)27-21)18-10-4-3-5-11-18/h3-5,8-11,14,19,21-22H,6-7,12-13,15H2,1-2H3/t19-,21?,22?/m0/s1. The first-order valence-corrected chi connectivity index (χ1v) is 12.1. The van der Waals surface area contributed by atoms with Gasteiger partial charge in [0.25, 0.3) is 0 Å². The van der Waals surface area contributed by atoms with Gasteiger partial charge in [-0.15, -0.1) is 11.8 Å². The molecule has 3 aromatic rings. The Hall–Kier alpha value is -2.67. The fourth-order valence-corrected chi connectivity index (χ4v) is 6.01. The van der Waals surface area contributed by atoms with Gasteiger partial charge >= 0.3 is 0 Å². The molecule has 0 radical (unpaired) electrons. The van der Waals surface area contributed by atoms with E-state index in [1.54, 1.807) is 18.0 Å². The van der Waals surface area contributed by atoms with Gasteiger partial charge in [0.15, 0.2) is 0 Å². The molecule has 1 aromatic carbocycles. The molecule has 1 saturated heterocycles.